The molecule has 1 heterocycles. The summed E-state index contributed by atoms with van der Waals surface area (Å²) < 4.78 is 16.2. The van der Waals surface area contributed by atoms with Crippen molar-refractivity contribution in [2.75, 3.05) is 27.9 Å². The zero-order valence-electron chi connectivity index (χ0n) is 14.8. The number of nitrogens with zero attached hydrogens (tertiary/aromatic N) is 1. The zero-order chi connectivity index (χ0) is 17.8. The highest BCUT2D eigenvalue weighted by Gasteiger charge is 2.27. The van der Waals surface area contributed by atoms with Crippen LogP contribution in [0.4, 0.5) is 0 Å². The second kappa shape index (κ2) is 7.47. The van der Waals surface area contributed by atoms with E-state index in [-0.39, 0.29) is 11.9 Å². The summed E-state index contributed by atoms with van der Waals surface area (Å²) in [6, 6.07) is 13.5. The Kier molecular flexibility index (Phi) is 5.12. The number of benzene rings is 2. The van der Waals surface area contributed by atoms with E-state index in [0.29, 0.717) is 24.5 Å². The molecule has 132 valence electrons. The van der Waals surface area contributed by atoms with E-state index < -0.39 is 0 Å². The molecule has 0 saturated carbocycles. The van der Waals surface area contributed by atoms with E-state index in [0.717, 1.165) is 23.3 Å². The van der Waals surface area contributed by atoms with Gasteiger partial charge in [-0.15, -0.1) is 0 Å². The Bertz CT molecular complexity index is 759. The van der Waals surface area contributed by atoms with Gasteiger partial charge in [0.25, 0.3) is 0 Å². The molecule has 0 aliphatic carbocycles. The van der Waals surface area contributed by atoms with Crippen LogP contribution in [0.1, 0.15) is 23.6 Å². The topological polar surface area (TPSA) is 48.0 Å². The zero-order valence-corrected chi connectivity index (χ0v) is 14.8. The van der Waals surface area contributed by atoms with E-state index in [1.165, 1.54) is 0 Å². The van der Waals surface area contributed by atoms with Crippen molar-refractivity contribution in [2.45, 2.75) is 18.9 Å². The summed E-state index contributed by atoms with van der Waals surface area (Å²) in [5, 5.41) is 0. The van der Waals surface area contributed by atoms with Crippen LogP contribution in [-0.2, 0) is 11.2 Å². The molecular weight excluding hydrogens is 318 g/mol. The maximum absolute atomic E-state index is 12.8. The Labute approximate surface area is 148 Å². The van der Waals surface area contributed by atoms with Gasteiger partial charge in [0, 0.05) is 19.0 Å². The van der Waals surface area contributed by atoms with E-state index in [1.807, 2.05) is 54.4 Å². The Morgan fingerprint density at radius 1 is 1.16 bits per heavy atom. The Hall–Kier alpha value is -2.69. The van der Waals surface area contributed by atoms with Crippen molar-refractivity contribution in [1.82, 2.24) is 4.90 Å². The number of carbonyl (C=O) groups is 1. The highest BCUT2D eigenvalue weighted by atomic mass is 16.5. The van der Waals surface area contributed by atoms with Gasteiger partial charge in [0.05, 0.1) is 33.3 Å². The molecule has 3 rings (SSSR count). The molecule has 1 aliphatic heterocycles. The summed E-state index contributed by atoms with van der Waals surface area (Å²) in [6.07, 6.45) is 1.11. The van der Waals surface area contributed by atoms with E-state index in [2.05, 4.69) is 0 Å². The lowest BCUT2D eigenvalue weighted by molar-refractivity contribution is -0.131. The van der Waals surface area contributed by atoms with E-state index in [1.54, 1.807) is 14.2 Å². The number of para-hydroxylation sites is 1. The molecular formula is C20H23NO4. The summed E-state index contributed by atoms with van der Waals surface area (Å²) in [4.78, 5) is 14.6. The molecule has 5 nitrogen and oxygen atoms in total. The van der Waals surface area contributed by atoms with Crippen molar-refractivity contribution in [3.05, 3.63) is 53.6 Å². The maximum atomic E-state index is 12.8. The number of carbonyl (C=O) groups excluding carboxylic acids is 1. The summed E-state index contributed by atoms with van der Waals surface area (Å²) >= 11 is 0. The van der Waals surface area contributed by atoms with Crippen molar-refractivity contribution in [2.24, 2.45) is 0 Å². The van der Waals surface area contributed by atoms with E-state index >= 15 is 0 Å². The van der Waals surface area contributed by atoms with Crippen LogP contribution < -0.4 is 14.2 Å². The number of fused-ring (bicyclic) bond motifs is 1. The fourth-order valence-corrected chi connectivity index (χ4v) is 3.19. The first kappa shape index (κ1) is 17.1. The first-order valence-corrected chi connectivity index (χ1v) is 8.32. The first-order valence-electron chi connectivity index (χ1n) is 8.32. The van der Waals surface area contributed by atoms with Crippen molar-refractivity contribution < 1.29 is 19.0 Å². The molecule has 5 heteroatoms. The van der Waals surface area contributed by atoms with Gasteiger partial charge >= 0.3 is 0 Å². The lowest BCUT2D eigenvalue weighted by Gasteiger charge is -2.33. The average molecular weight is 341 g/mol. The minimum Gasteiger partial charge on any atom is -0.493 e. The molecule has 1 atom stereocenters. The smallest absolute Gasteiger partial charge is 0.227 e. The predicted molar refractivity (Wildman–Crippen MR) is 95.3 cm³/mol. The van der Waals surface area contributed by atoms with Crippen LogP contribution in [0.2, 0.25) is 0 Å². The number of hydrogen-bond acceptors (Lipinski definition) is 4. The first-order chi connectivity index (χ1) is 12.1. The second-order valence-corrected chi connectivity index (χ2v) is 6.06. The van der Waals surface area contributed by atoms with Crippen LogP contribution in [0.3, 0.4) is 0 Å². The van der Waals surface area contributed by atoms with Gasteiger partial charge < -0.3 is 19.1 Å². The normalized spacial score (nSPS) is 15.7. The molecule has 0 aromatic heterocycles. The van der Waals surface area contributed by atoms with Crippen LogP contribution in [0.25, 0.3) is 0 Å². The van der Waals surface area contributed by atoms with Crippen molar-refractivity contribution in [1.29, 1.82) is 0 Å². The number of likely N-dealkylation sites (N-methyl/N-ethyl adjacent to an activating group) is 1. The lowest BCUT2D eigenvalue weighted by atomic mass is 9.98. The van der Waals surface area contributed by atoms with Crippen molar-refractivity contribution in [3.63, 3.8) is 0 Å². The Morgan fingerprint density at radius 2 is 1.92 bits per heavy atom. The molecule has 0 saturated heterocycles. The van der Waals surface area contributed by atoms with Gasteiger partial charge in [0.2, 0.25) is 5.91 Å². The number of amides is 1. The number of hydrogen-bond donors (Lipinski definition) is 0. The monoisotopic (exact) mass is 341 g/mol. The van der Waals surface area contributed by atoms with Crippen LogP contribution >= 0.6 is 0 Å². The lowest BCUT2D eigenvalue weighted by Crippen LogP contribution is -2.35. The molecule has 0 radical (unpaired) electrons. The minimum atomic E-state index is 0.0394. The van der Waals surface area contributed by atoms with Gasteiger partial charge in [0.15, 0.2) is 11.5 Å². The summed E-state index contributed by atoms with van der Waals surface area (Å²) in [5.74, 6) is 2.22. The molecule has 1 unspecified atom stereocenters. The Balaban J connectivity index is 1.76. The molecule has 1 aliphatic rings. The summed E-state index contributed by atoms with van der Waals surface area (Å²) in [6.45, 7) is 0.621. The van der Waals surface area contributed by atoms with Crippen LogP contribution in [0.15, 0.2) is 42.5 Å². The predicted octanol–water partition coefficient (Wildman–Crippen LogP) is 3.23. The van der Waals surface area contributed by atoms with Crippen LogP contribution in [0, 0.1) is 0 Å². The third-order valence-electron chi connectivity index (χ3n) is 4.59. The third-order valence-corrected chi connectivity index (χ3v) is 4.59. The fourth-order valence-electron chi connectivity index (χ4n) is 3.19. The summed E-state index contributed by atoms with van der Waals surface area (Å²) in [7, 11) is 5.05. The molecule has 0 N–H and O–H groups in total. The van der Waals surface area contributed by atoms with Crippen molar-refractivity contribution in [3.8, 4) is 17.2 Å². The standard InChI is InChI=1S/C20H23NO4/c1-21(16-10-11-25-17-7-5-4-6-15(16)17)20(22)13-14-8-9-18(23-2)19(12-14)24-3/h4-9,12,16H,10-11,13H2,1-3H3. The minimum absolute atomic E-state index is 0.0394. The molecule has 2 aromatic carbocycles. The average Bonchev–Trinajstić information content (AvgIpc) is 2.66. The Morgan fingerprint density at radius 3 is 2.68 bits per heavy atom. The number of methoxy groups -OCH3 is 2. The van der Waals surface area contributed by atoms with Crippen LogP contribution in [-0.4, -0.2) is 38.7 Å². The largest absolute Gasteiger partial charge is 0.493 e. The van der Waals surface area contributed by atoms with Gasteiger partial charge in [-0.05, 0) is 23.8 Å². The number of rotatable bonds is 5. The van der Waals surface area contributed by atoms with Crippen molar-refractivity contribution >= 4 is 5.91 Å². The van der Waals surface area contributed by atoms with Gasteiger partial charge in [-0.1, -0.05) is 24.3 Å². The fraction of sp³-hybridized carbons (Fsp3) is 0.350. The summed E-state index contributed by atoms with van der Waals surface area (Å²) in [5.41, 5.74) is 1.96. The molecule has 1 amide bonds. The SMILES string of the molecule is COc1ccc(CC(=O)N(C)C2CCOc3ccccc32)cc1OC. The second-order valence-electron chi connectivity index (χ2n) is 6.06. The highest BCUT2D eigenvalue weighted by molar-refractivity contribution is 5.79. The van der Waals surface area contributed by atoms with E-state index in [4.69, 9.17) is 14.2 Å². The van der Waals surface area contributed by atoms with Crippen LogP contribution in [0.5, 0.6) is 17.2 Å². The van der Waals surface area contributed by atoms with Gasteiger partial charge in [-0.25, -0.2) is 0 Å². The number of ether oxygens (including phenoxy) is 3. The molecule has 0 bridgehead atoms. The van der Waals surface area contributed by atoms with Gasteiger partial charge in [-0.2, -0.15) is 0 Å². The molecule has 0 fully saturated rings. The molecule has 25 heavy (non-hydrogen) atoms. The quantitative estimate of drug-likeness (QED) is 0.838. The van der Waals surface area contributed by atoms with Gasteiger partial charge in [0.1, 0.15) is 5.75 Å². The maximum Gasteiger partial charge on any atom is 0.227 e. The van der Waals surface area contributed by atoms with Gasteiger partial charge in [-0.3, -0.25) is 4.79 Å². The third kappa shape index (κ3) is 3.55. The highest BCUT2D eigenvalue weighted by Crippen LogP contribution is 2.35. The molecule has 2 aromatic rings. The molecule has 0 spiro atoms. The van der Waals surface area contributed by atoms with E-state index in [9.17, 15) is 4.79 Å².